The third-order valence-corrected chi connectivity index (χ3v) is 9.78. The minimum atomic E-state index is -4.14. The summed E-state index contributed by atoms with van der Waals surface area (Å²) in [6.07, 6.45) is 0. The van der Waals surface area contributed by atoms with Crippen LogP contribution in [0.2, 0.25) is 5.02 Å². The van der Waals surface area contributed by atoms with Crippen molar-refractivity contribution in [3.8, 4) is 0 Å². The van der Waals surface area contributed by atoms with E-state index in [-0.39, 0.29) is 26.1 Å². The Bertz CT molecular complexity index is 1680. The van der Waals surface area contributed by atoms with Crippen molar-refractivity contribution in [2.75, 3.05) is 9.44 Å². The van der Waals surface area contributed by atoms with Crippen molar-refractivity contribution < 1.29 is 21.2 Å². The van der Waals surface area contributed by atoms with E-state index < -0.39 is 25.9 Å². The zero-order valence-electron chi connectivity index (χ0n) is 20.4. The van der Waals surface area contributed by atoms with Gasteiger partial charge in [-0.2, -0.15) is 0 Å². The molecule has 0 aliphatic carbocycles. The molecule has 0 radical (unpaired) electrons. The van der Waals surface area contributed by atoms with Gasteiger partial charge in [-0.05, 0) is 55.8 Å². The summed E-state index contributed by atoms with van der Waals surface area (Å²) in [6, 6.07) is 21.6. The molecule has 0 aromatic heterocycles. The van der Waals surface area contributed by atoms with Crippen LogP contribution in [0.4, 0.5) is 15.8 Å². The molecule has 11 heteroatoms. The Balaban J connectivity index is 1.73. The van der Waals surface area contributed by atoms with Crippen molar-refractivity contribution in [1.29, 1.82) is 0 Å². The molecule has 0 saturated heterocycles. The number of halogens is 2. The van der Waals surface area contributed by atoms with Crippen LogP contribution in [0, 0.1) is 19.7 Å². The number of hydrogen-bond acceptors (Lipinski definition) is 5. The molecule has 2 N–H and O–H groups in total. The van der Waals surface area contributed by atoms with Crippen LogP contribution in [0.15, 0.2) is 99.6 Å². The topological polar surface area (TPSA) is 92.3 Å². The lowest BCUT2D eigenvalue weighted by Gasteiger charge is -2.17. The van der Waals surface area contributed by atoms with Crippen LogP contribution < -0.4 is 9.44 Å². The van der Waals surface area contributed by atoms with Gasteiger partial charge >= 0.3 is 0 Å². The van der Waals surface area contributed by atoms with Gasteiger partial charge in [0, 0.05) is 21.7 Å². The molecule has 0 bridgehead atoms. The molecule has 0 aliphatic heterocycles. The first-order valence-corrected chi connectivity index (χ1v) is 15.7. The Hall–Kier alpha value is -3.05. The number of thioether (sulfide) groups is 1. The first-order chi connectivity index (χ1) is 17.9. The summed E-state index contributed by atoms with van der Waals surface area (Å²) in [4.78, 5) is 0.0443. The average Bonchev–Trinajstić information content (AvgIpc) is 2.86. The van der Waals surface area contributed by atoms with Crippen LogP contribution in [0.1, 0.15) is 16.7 Å². The first-order valence-electron chi connectivity index (χ1n) is 11.3. The fourth-order valence-electron chi connectivity index (χ4n) is 3.45. The Morgan fingerprint density at radius 3 is 1.71 bits per heavy atom. The highest BCUT2D eigenvalue weighted by molar-refractivity contribution is 7.98. The molecular weight excluding hydrogens is 567 g/mol. The smallest absolute Gasteiger partial charge is 0.261 e. The van der Waals surface area contributed by atoms with E-state index in [1.165, 1.54) is 30.3 Å². The van der Waals surface area contributed by atoms with Crippen LogP contribution >= 0.6 is 23.4 Å². The molecule has 198 valence electrons. The number of benzene rings is 4. The molecule has 4 aromatic rings. The Morgan fingerprint density at radius 2 is 1.21 bits per heavy atom. The van der Waals surface area contributed by atoms with E-state index in [4.69, 9.17) is 11.6 Å². The number of rotatable bonds is 9. The lowest BCUT2D eigenvalue weighted by Crippen LogP contribution is -2.18. The van der Waals surface area contributed by atoms with Crippen molar-refractivity contribution in [1.82, 2.24) is 0 Å². The van der Waals surface area contributed by atoms with Crippen LogP contribution in [-0.4, -0.2) is 16.8 Å². The summed E-state index contributed by atoms with van der Waals surface area (Å²) in [5.74, 6) is -0.406. The van der Waals surface area contributed by atoms with Gasteiger partial charge < -0.3 is 0 Å². The molecule has 0 fully saturated rings. The second-order valence-electron chi connectivity index (χ2n) is 8.55. The quantitative estimate of drug-likeness (QED) is 0.205. The maximum atomic E-state index is 15.2. The van der Waals surface area contributed by atoms with Crippen molar-refractivity contribution in [2.24, 2.45) is 0 Å². The largest absolute Gasteiger partial charge is 0.277 e. The van der Waals surface area contributed by atoms with Gasteiger partial charge in [-0.15, -0.1) is 11.8 Å². The second kappa shape index (κ2) is 11.4. The zero-order chi connectivity index (χ0) is 27.5. The standard InChI is InChI=1S/C27H24ClFN2O4S3/c1-18-7-11-21(12-8-18)37(32,33)30-25-15-24(29)27(36-17-20-5-3-4-6-23(20)28)16-26(25)31-38(34,35)22-13-9-19(2)10-14-22/h3-16,30-31H,17H2,1-2H3. The summed E-state index contributed by atoms with van der Waals surface area (Å²) < 4.78 is 72.4. The van der Waals surface area contributed by atoms with Crippen LogP contribution in [-0.2, 0) is 25.8 Å². The van der Waals surface area contributed by atoms with Crippen molar-refractivity contribution in [3.63, 3.8) is 0 Å². The summed E-state index contributed by atoms with van der Waals surface area (Å²) in [6.45, 7) is 3.64. The van der Waals surface area contributed by atoms with Gasteiger partial charge in [-0.3, -0.25) is 9.44 Å². The van der Waals surface area contributed by atoms with E-state index in [1.807, 2.05) is 19.9 Å². The molecule has 0 atom stereocenters. The Labute approximate surface area is 231 Å². The molecule has 0 unspecified atom stereocenters. The Kier molecular flexibility index (Phi) is 8.37. The van der Waals surface area contributed by atoms with Gasteiger partial charge in [0.15, 0.2) is 0 Å². The summed E-state index contributed by atoms with van der Waals surface area (Å²) in [5, 5.41) is 0.517. The lowest BCUT2D eigenvalue weighted by atomic mass is 10.2. The third kappa shape index (κ3) is 6.68. The highest BCUT2D eigenvalue weighted by Gasteiger charge is 2.22. The predicted octanol–water partition coefficient (Wildman–Crippen LogP) is 6.99. The van der Waals surface area contributed by atoms with E-state index in [1.54, 1.807) is 42.5 Å². The monoisotopic (exact) mass is 590 g/mol. The zero-order valence-corrected chi connectivity index (χ0v) is 23.6. The second-order valence-corrected chi connectivity index (χ2v) is 13.3. The molecule has 4 rings (SSSR count). The predicted molar refractivity (Wildman–Crippen MR) is 151 cm³/mol. The van der Waals surface area contributed by atoms with Gasteiger partial charge in [0.05, 0.1) is 21.2 Å². The summed E-state index contributed by atoms with van der Waals surface area (Å²) >= 11 is 7.32. The number of hydrogen-bond donors (Lipinski definition) is 2. The molecule has 0 heterocycles. The minimum Gasteiger partial charge on any atom is -0.277 e. The van der Waals surface area contributed by atoms with Crippen LogP contribution in [0.3, 0.4) is 0 Å². The van der Waals surface area contributed by atoms with Gasteiger partial charge in [-0.25, -0.2) is 21.2 Å². The number of nitrogens with one attached hydrogen (secondary N) is 2. The first kappa shape index (κ1) is 28.0. The highest BCUT2D eigenvalue weighted by atomic mass is 35.5. The normalized spacial score (nSPS) is 11.8. The average molecular weight is 591 g/mol. The van der Waals surface area contributed by atoms with Crippen LogP contribution in [0.25, 0.3) is 0 Å². The number of sulfonamides is 2. The van der Waals surface area contributed by atoms with E-state index in [0.29, 0.717) is 10.8 Å². The minimum absolute atomic E-state index is 0.0231. The molecule has 0 saturated carbocycles. The maximum Gasteiger partial charge on any atom is 0.261 e. The van der Waals surface area contributed by atoms with E-state index >= 15 is 4.39 Å². The highest BCUT2D eigenvalue weighted by Crippen LogP contribution is 2.36. The fourth-order valence-corrected chi connectivity index (χ4v) is 6.83. The SMILES string of the molecule is Cc1ccc(S(=O)(=O)Nc2cc(F)c(SCc3ccccc3Cl)cc2NS(=O)(=O)c2ccc(C)cc2)cc1. The van der Waals surface area contributed by atoms with E-state index in [2.05, 4.69) is 9.44 Å². The number of anilines is 2. The van der Waals surface area contributed by atoms with Gasteiger partial charge in [-0.1, -0.05) is 65.2 Å². The van der Waals surface area contributed by atoms with Crippen molar-refractivity contribution >= 4 is 54.8 Å². The lowest BCUT2D eigenvalue weighted by molar-refractivity contribution is 0.596. The Morgan fingerprint density at radius 1 is 0.737 bits per heavy atom. The van der Waals surface area contributed by atoms with Gasteiger partial charge in [0.1, 0.15) is 5.82 Å². The number of aryl methyl sites for hydroxylation is 2. The third-order valence-electron chi connectivity index (χ3n) is 5.56. The molecule has 0 aliphatic rings. The van der Waals surface area contributed by atoms with Gasteiger partial charge in [0.25, 0.3) is 20.0 Å². The van der Waals surface area contributed by atoms with Crippen molar-refractivity contribution in [2.45, 2.75) is 34.3 Å². The maximum absolute atomic E-state index is 15.2. The van der Waals surface area contributed by atoms with E-state index in [0.717, 1.165) is 34.5 Å². The fraction of sp³-hybridized carbons (Fsp3) is 0.111. The summed E-state index contributed by atoms with van der Waals surface area (Å²) in [7, 11) is -8.26. The molecular formula is C27H24ClFN2O4S3. The van der Waals surface area contributed by atoms with Gasteiger partial charge in [0.2, 0.25) is 0 Å². The molecule has 0 amide bonds. The molecule has 38 heavy (non-hydrogen) atoms. The molecule has 6 nitrogen and oxygen atoms in total. The van der Waals surface area contributed by atoms with Crippen molar-refractivity contribution in [3.05, 3.63) is 112 Å². The van der Waals surface area contributed by atoms with Crippen LogP contribution in [0.5, 0.6) is 0 Å². The van der Waals surface area contributed by atoms with E-state index in [9.17, 15) is 16.8 Å². The molecule has 4 aromatic carbocycles. The molecule has 0 spiro atoms. The summed E-state index contributed by atoms with van der Waals surface area (Å²) in [5.41, 5.74) is 2.13.